The minimum absolute atomic E-state index is 0.182. The summed E-state index contributed by atoms with van der Waals surface area (Å²) in [7, 11) is 1.70. The van der Waals surface area contributed by atoms with E-state index >= 15 is 0 Å². The molecule has 2 aliphatic rings. The number of halogens is 1. The van der Waals surface area contributed by atoms with Gasteiger partial charge in [0, 0.05) is 10.7 Å². The summed E-state index contributed by atoms with van der Waals surface area (Å²) in [5.41, 5.74) is 1.23. The lowest BCUT2D eigenvalue weighted by Crippen LogP contribution is -2.05. The molecule has 4 heteroatoms. The Hall–Kier alpha value is -0.800. The monoisotopic (exact) mass is 268 g/mol. The molecule has 0 saturated heterocycles. The van der Waals surface area contributed by atoms with Gasteiger partial charge in [0.05, 0.1) is 4.90 Å². The lowest BCUT2D eigenvalue weighted by Gasteiger charge is -2.18. The van der Waals surface area contributed by atoms with Crippen molar-refractivity contribution in [2.75, 3.05) is 0 Å². The molecule has 2 aliphatic carbocycles. The van der Waals surface area contributed by atoms with Crippen LogP contribution in [0.15, 0.2) is 41.3 Å². The first-order valence-corrected chi connectivity index (χ1v) is 8.08. The third-order valence-electron chi connectivity index (χ3n) is 3.87. The van der Waals surface area contributed by atoms with Gasteiger partial charge in [-0.1, -0.05) is 24.3 Å². The Balaban J connectivity index is 1.89. The molecule has 3 atom stereocenters. The van der Waals surface area contributed by atoms with Crippen molar-refractivity contribution in [3.8, 4) is 0 Å². The molecule has 0 heterocycles. The van der Waals surface area contributed by atoms with Crippen LogP contribution in [0.2, 0.25) is 0 Å². The van der Waals surface area contributed by atoms with Crippen LogP contribution in [0.3, 0.4) is 0 Å². The van der Waals surface area contributed by atoms with E-state index in [4.69, 9.17) is 10.7 Å². The van der Waals surface area contributed by atoms with Gasteiger partial charge in [-0.25, -0.2) is 8.42 Å². The lowest BCUT2D eigenvalue weighted by atomic mass is 9.87. The second-order valence-electron chi connectivity index (χ2n) is 4.89. The minimum atomic E-state index is -3.60. The van der Waals surface area contributed by atoms with Crippen LogP contribution in [0.4, 0.5) is 0 Å². The average molecular weight is 269 g/mol. The normalized spacial score (nSPS) is 31.0. The lowest BCUT2D eigenvalue weighted by molar-refractivity contribution is 0.584. The highest BCUT2D eigenvalue weighted by Crippen LogP contribution is 2.48. The van der Waals surface area contributed by atoms with Crippen LogP contribution in [-0.2, 0) is 9.05 Å². The van der Waals surface area contributed by atoms with E-state index < -0.39 is 9.05 Å². The van der Waals surface area contributed by atoms with Crippen molar-refractivity contribution in [1.82, 2.24) is 0 Å². The first kappa shape index (κ1) is 11.3. The van der Waals surface area contributed by atoms with Gasteiger partial charge in [0.1, 0.15) is 0 Å². The third kappa shape index (κ3) is 2.02. The van der Waals surface area contributed by atoms with Crippen LogP contribution in [0, 0.1) is 11.8 Å². The number of hydrogen-bond acceptors (Lipinski definition) is 2. The van der Waals surface area contributed by atoms with E-state index in [1.54, 1.807) is 12.1 Å². The summed E-state index contributed by atoms with van der Waals surface area (Å²) < 4.78 is 22.3. The van der Waals surface area contributed by atoms with Crippen LogP contribution in [0.25, 0.3) is 0 Å². The molecule has 1 aromatic carbocycles. The number of fused-ring (bicyclic) bond motifs is 2. The highest BCUT2D eigenvalue weighted by molar-refractivity contribution is 8.13. The standard InChI is InChI=1S/C13H13ClO2S/c14-17(15,16)12-5-3-10(4-6-12)13-8-9-1-2-11(13)7-9/h1-6,9,11,13H,7-8H2. The number of allylic oxidation sites excluding steroid dienone is 2. The molecule has 1 aromatic rings. The van der Waals surface area contributed by atoms with Crippen molar-refractivity contribution in [3.05, 3.63) is 42.0 Å². The fraction of sp³-hybridized carbons (Fsp3) is 0.385. The predicted molar refractivity (Wildman–Crippen MR) is 67.6 cm³/mol. The summed E-state index contributed by atoms with van der Waals surface area (Å²) in [6, 6.07) is 7.00. The van der Waals surface area contributed by atoms with Gasteiger partial charge in [-0.15, -0.1) is 0 Å². The van der Waals surface area contributed by atoms with Crippen molar-refractivity contribution in [2.45, 2.75) is 23.7 Å². The molecule has 2 nitrogen and oxygen atoms in total. The van der Waals surface area contributed by atoms with Gasteiger partial charge >= 0.3 is 0 Å². The molecule has 0 aliphatic heterocycles. The Labute approximate surface area is 106 Å². The third-order valence-corrected chi connectivity index (χ3v) is 5.24. The molecular formula is C13H13ClO2S. The van der Waals surface area contributed by atoms with Crippen molar-refractivity contribution in [2.24, 2.45) is 11.8 Å². The quantitative estimate of drug-likeness (QED) is 0.609. The van der Waals surface area contributed by atoms with E-state index in [1.165, 1.54) is 18.4 Å². The van der Waals surface area contributed by atoms with Gasteiger partial charge in [-0.2, -0.15) is 0 Å². The van der Waals surface area contributed by atoms with Gasteiger partial charge in [-0.3, -0.25) is 0 Å². The zero-order valence-corrected chi connectivity index (χ0v) is 10.8. The molecule has 0 N–H and O–H groups in total. The smallest absolute Gasteiger partial charge is 0.207 e. The Morgan fingerprint density at radius 1 is 1.06 bits per heavy atom. The van der Waals surface area contributed by atoms with Crippen LogP contribution < -0.4 is 0 Å². The molecule has 0 spiro atoms. The number of rotatable bonds is 2. The molecule has 3 rings (SSSR count). The Kier molecular flexibility index (Phi) is 2.56. The fourth-order valence-electron chi connectivity index (χ4n) is 3.04. The van der Waals surface area contributed by atoms with Gasteiger partial charge < -0.3 is 0 Å². The molecular weight excluding hydrogens is 256 g/mol. The van der Waals surface area contributed by atoms with E-state index in [2.05, 4.69) is 12.2 Å². The zero-order chi connectivity index (χ0) is 12.0. The van der Waals surface area contributed by atoms with Crippen LogP contribution in [-0.4, -0.2) is 8.42 Å². The van der Waals surface area contributed by atoms with E-state index in [1.807, 2.05) is 12.1 Å². The van der Waals surface area contributed by atoms with E-state index in [0.717, 1.165) is 5.92 Å². The molecule has 1 saturated carbocycles. The maximum atomic E-state index is 11.1. The topological polar surface area (TPSA) is 34.1 Å². The van der Waals surface area contributed by atoms with Crippen molar-refractivity contribution in [1.29, 1.82) is 0 Å². The molecule has 2 bridgehead atoms. The van der Waals surface area contributed by atoms with Crippen LogP contribution >= 0.6 is 10.7 Å². The number of benzene rings is 1. The maximum Gasteiger partial charge on any atom is 0.261 e. The van der Waals surface area contributed by atoms with Crippen LogP contribution in [0.1, 0.15) is 24.3 Å². The Bertz CT molecular complexity index is 560. The first-order valence-electron chi connectivity index (χ1n) is 5.77. The molecule has 0 amide bonds. The van der Waals surface area contributed by atoms with Crippen molar-refractivity contribution < 1.29 is 8.42 Å². The van der Waals surface area contributed by atoms with E-state index in [9.17, 15) is 8.42 Å². The Morgan fingerprint density at radius 2 is 1.76 bits per heavy atom. The SMILES string of the molecule is O=S(=O)(Cl)c1ccc(C2CC3C=CC2C3)cc1. The second kappa shape index (κ2) is 3.85. The summed E-state index contributed by atoms with van der Waals surface area (Å²) in [6.45, 7) is 0. The highest BCUT2D eigenvalue weighted by Gasteiger charge is 2.36. The summed E-state index contributed by atoms with van der Waals surface area (Å²) in [5, 5.41) is 0. The average Bonchev–Trinajstić information content (AvgIpc) is 2.89. The van der Waals surface area contributed by atoms with E-state index in [-0.39, 0.29) is 4.90 Å². The summed E-state index contributed by atoms with van der Waals surface area (Å²) in [5.74, 6) is 1.91. The summed E-state index contributed by atoms with van der Waals surface area (Å²) >= 11 is 0. The minimum Gasteiger partial charge on any atom is -0.207 e. The largest absolute Gasteiger partial charge is 0.261 e. The highest BCUT2D eigenvalue weighted by atomic mass is 35.7. The molecule has 1 fully saturated rings. The summed E-state index contributed by atoms with van der Waals surface area (Å²) in [4.78, 5) is 0.182. The first-order chi connectivity index (χ1) is 8.04. The predicted octanol–water partition coefficient (Wildman–Crippen LogP) is 3.29. The van der Waals surface area contributed by atoms with Gasteiger partial charge in [0.25, 0.3) is 9.05 Å². The molecule has 0 aromatic heterocycles. The van der Waals surface area contributed by atoms with Crippen molar-refractivity contribution in [3.63, 3.8) is 0 Å². The fourth-order valence-corrected chi connectivity index (χ4v) is 3.81. The van der Waals surface area contributed by atoms with E-state index in [0.29, 0.717) is 11.8 Å². The van der Waals surface area contributed by atoms with Gasteiger partial charge in [-0.05, 0) is 48.3 Å². The molecule has 90 valence electrons. The molecule has 3 unspecified atom stereocenters. The number of hydrogen-bond donors (Lipinski definition) is 0. The van der Waals surface area contributed by atoms with Gasteiger partial charge in [0.15, 0.2) is 0 Å². The Morgan fingerprint density at radius 3 is 2.24 bits per heavy atom. The van der Waals surface area contributed by atoms with Crippen LogP contribution in [0.5, 0.6) is 0 Å². The zero-order valence-electron chi connectivity index (χ0n) is 9.21. The molecule has 0 radical (unpaired) electrons. The van der Waals surface area contributed by atoms with Gasteiger partial charge in [0.2, 0.25) is 0 Å². The molecule has 17 heavy (non-hydrogen) atoms. The second-order valence-corrected chi connectivity index (χ2v) is 7.46. The maximum absolute atomic E-state index is 11.1. The van der Waals surface area contributed by atoms with Crippen molar-refractivity contribution >= 4 is 19.7 Å². The summed E-state index contributed by atoms with van der Waals surface area (Å²) in [6.07, 6.45) is 7.04.